The van der Waals surface area contributed by atoms with E-state index in [-0.39, 0.29) is 0 Å². The lowest BCUT2D eigenvalue weighted by Crippen LogP contribution is -2.42. The molecule has 9 nitrogen and oxygen atoms in total. The number of unbranched alkanes of at least 4 members (excludes halogenated alkanes) is 2. The fourth-order valence-electron chi connectivity index (χ4n) is 2.94. The van der Waals surface area contributed by atoms with Crippen LogP contribution in [0, 0.1) is 0 Å². The van der Waals surface area contributed by atoms with Gasteiger partial charge in [-0.3, -0.25) is 5.32 Å². The van der Waals surface area contributed by atoms with Crippen LogP contribution in [0.25, 0.3) is 0 Å². The first-order chi connectivity index (χ1) is 15.3. The average molecular weight is 478 g/mol. The van der Waals surface area contributed by atoms with Crippen LogP contribution in [0.2, 0.25) is 0 Å². The number of hydrogen-bond acceptors (Lipinski definition) is 7. The highest BCUT2D eigenvalue weighted by atomic mass is 31.2. The van der Waals surface area contributed by atoms with Crippen LogP contribution in [0.1, 0.15) is 84.8 Å². The standard InChI is InChI=1S/C17H36N5.C5H12O4P/c1-5-9-13-18-15-19-22-16(11-7-3)20-21(14-10-6-2)17(22)12-8-4;1-5(7-2,8-3)9-10(4)6/h18-19H,5-15H2,1-4H3;1-4H3/q+1;-1. The third kappa shape index (κ3) is 12.4. The van der Waals surface area contributed by atoms with Crippen LogP contribution in [-0.2, 0) is 33.4 Å². The first kappa shape index (κ1) is 31.2. The second-order valence-electron chi connectivity index (χ2n) is 7.73. The molecule has 2 N–H and O–H groups in total. The number of methoxy groups -OCH3 is 2. The number of nitrogens with zero attached hydrogens (tertiary/aromatic N) is 3. The normalized spacial score (nSPS) is 12.4. The van der Waals surface area contributed by atoms with E-state index in [4.69, 9.17) is 19.1 Å². The summed E-state index contributed by atoms with van der Waals surface area (Å²) in [6, 6.07) is 0. The van der Waals surface area contributed by atoms with Gasteiger partial charge in [-0.15, -0.1) is 9.36 Å². The second kappa shape index (κ2) is 18.6. The predicted molar refractivity (Wildman–Crippen MR) is 129 cm³/mol. The van der Waals surface area contributed by atoms with Gasteiger partial charge in [0.15, 0.2) is 0 Å². The van der Waals surface area contributed by atoms with E-state index in [0.717, 1.165) is 45.4 Å². The quantitative estimate of drug-likeness (QED) is 0.154. The molecule has 1 aromatic rings. The van der Waals surface area contributed by atoms with Crippen molar-refractivity contribution in [2.75, 3.05) is 39.5 Å². The minimum absolute atomic E-state index is 0.803. The van der Waals surface area contributed by atoms with Gasteiger partial charge in [0.25, 0.3) is 11.8 Å². The first-order valence-electron chi connectivity index (χ1n) is 12.0. The largest absolute Gasteiger partial charge is 0.808 e. The third-order valence-corrected chi connectivity index (χ3v) is 5.41. The Labute approximate surface area is 197 Å². The number of aromatic nitrogens is 3. The number of rotatable bonds is 17. The van der Waals surface area contributed by atoms with Gasteiger partial charge >= 0.3 is 5.82 Å². The average Bonchev–Trinajstić information content (AvgIpc) is 3.08. The van der Waals surface area contributed by atoms with Crippen LogP contribution in [0.4, 0.5) is 0 Å². The Morgan fingerprint density at radius 1 is 1.03 bits per heavy atom. The molecule has 1 aromatic heterocycles. The van der Waals surface area contributed by atoms with E-state index in [0.29, 0.717) is 0 Å². The van der Waals surface area contributed by atoms with Crippen molar-refractivity contribution in [2.24, 2.45) is 0 Å². The molecule has 0 bridgehead atoms. The van der Waals surface area contributed by atoms with E-state index in [1.54, 1.807) is 6.92 Å². The monoisotopic (exact) mass is 477 g/mol. The van der Waals surface area contributed by atoms with Crippen molar-refractivity contribution < 1.29 is 23.6 Å². The molecule has 190 valence electrons. The summed E-state index contributed by atoms with van der Waals surface area (Å²) in [5, 5.41) is 8.32. The lowest BCUT2D eigenvalue weighted by molar-refractivity contribution is -0.759. The summed E-state index contributed by atoms with van der Waals surface area (Å²) in [6.45, 7) is 14.8. The number of hydrogen-bond donors (Lipinski definition) is 2. The van der Waals surface area contributed by atoms with Crippen LogP contribution in [0.3, 0.4) is 0 Å². The van der Waals surface area contributed by atoms with Crippen LogP contribution in [0.5, 0.6) is 0 Å². The molecule has 0 saturated carbocycles. The first-order valence-corrected chi connectivity index (χ1v) is 13.6. The Morgan fingerprint density at radius 3 is 2.12 bits per heavy atom. The minimum Gasteiger partial charge on any atom is -0.808 e. The lowest BCUT2D eigenvalue weighted by Gasteiger charge is -2.31. The summed E-state index contributed by atoms with van der Waals surface area (Å²) >= 11 is 0. The zero-order valence-electron chi connectivity index (χ0n) is 21.7. The smallest absolute Gasteiger partial charge is 0.302 e. The van der Waals surface area contributed by atoms with E-state index >= 15 is 0 Å². The van der Waals surface area contributed by atoms with Gasteiger partial charge in [-0.25, -0.2) is 5.43 Å². The Hall–Kier alpha value is -0.830. The SMILES string of the molecule is CCCCNCNn1c(CCC)n[n+](CCCC)c1CCC.COC(C)(OC)OP(C)[O-]. The maximum Gasteiger partial charge on any atom is 0.302 e. The number of aryl methyl sites for hydroxylation is 2. The van der Waals surface area contributed by atoms with Gasteiger partial charge in [0.1, 0.15) is 13.2 Å². The molecule has 0 fully saturated rings. The summed E-state index contributed by atoms with van der Waals surface area (Å²) in [7, 11) is 1.14. The van der Waals surface area contributed by atoms with Crippen molar-refractivity contribution in [3.05, 3.63) is 11.6 Å². The molecule has 32 heavy (non-hydrogen) atoms. The molecule has 10 heteroatoms. The molecule has 0 aliphatic heterocycles. The zero-order chi connectivity index (χ0) is 24.4. The molecule has 1 unspecified atom stereocenters. The summed E-state index contributed by atoms with van der Waals surface area (Å²) < 4.78 is 18.8. The van der Waals surface area contributed by atoms with Gasteiger partial charge in [0.2, 0.25) is 0 Å². The molecule has 0 aromatic carbocycles. The van der Waals surface area contributed by atoms with Crippen LogP contribution in [-0.4, -0.2) is 49.8 Å². The van der Waals surface area contributed by atoms with Crippen LogP contribution in [0.15, 0.2) is 0 Å². The second-order valence-corrected chi connectivity index (χ2v) is 8.80. The molecule has 0 aliphatic carbocycles. The fraction of sp³-hybridized carbons (Fsp3) is 0.909. The maximum atomic E-state index is 10.5. The number of nitrogens with one attached hydrogen (secondary N) is 2. The Balaban J connectivity index is 0.000000809. The zero-order valence-corrected chi connectivity index (χ0v) is 22.6. The molecule has 0 aliphatic rings. The Bertz CT molecular complexity index is 583. The third-order valence-electron chi connectivity index (χ3n) is 4.83. The molecule has 1 atom stereocenters. The molecule has 0 spiro atoms. The molecule has 0 saturated heterocycles. The van der Waals surface area contributed by atoms with Crippen molar-refractivity contribution in [3.63, 3.8) is 0 Å². The van der Waals surface area contributed by atoms with Crippen molar-refractivity contribution in [2.45, 2.75) is 98.5 Å². The Kier molecular flexibility index (Phi) is 18.1. The van der Waals surface area contributed by atoms with Crippen LogP contribution < -0.4 is 20.3 Å². The van der Waals surface area contributed by atoms with Gasteiger partial charge in [-0.2, -0.15) is 0 Å². The molecule has 0 radical (unpaired) electrons. The topological polar surface area (TPSA) is 96.5 Å². The minimum atomic E-state index is -1.70. The predicted octanol–water partition coefficient (Wildman–Crippen LogP) is 3.04. The lowest BCUT2D eigenvalue weighted by atomic mass is 10.3. The van der Waals surface area contributed by atoms with E-state index in [9.17, 15) is 4.89 Å². The molecular weight excluding hydrogens is 429 g/mol. The Morgan fingerprint density at radius 2 is 1.66 bits per heavy atom. The highest BCUT2D eigenvalue weighted by Crippen LogP contribution is 2.29. The van der Waals surface area contributed by atoms with E-state index in [1.165, 1.54) is 58.2 Å². The van der Waals surface area contributed by atoms with Crippen molar-refractivity contribution >= 4 is 8.38 Å². The molecule has 0 amide bonds. The van der Waals surface area contributed by atoms with Gasteiger partial charge in [0, 0.05) is 27.6 Å². The summed E-state index contributed by atoms with van der Waals surface area (Å²) in [4.78, 5) is 10.5. The maximum absolute atomic E-state index is 10.5. The highest BCUT2D eigenvalue weighted by molar-refractivity contribution is 7.43. The van der Waals surface area contributed by atoms with Crippen molar-refractivity contribution in [1.29, 1.82) is 0 Å². The summed E-state index contributed by atoms with van der Waals surface area (Å²) in [5.74, 6) is 1.30. The van der Waals surface area contributed by atoms with Gasteiger partial charge in [0.05, 0.1) is 6.42 Å². The number of ether oxygens (including phenoxy) is 2. The molecule has 1 rings (SSSR count). The summed E-state index contributed by atoms with van der Waals surface area (Å²) in [6.07, 6.45) is 9.23. The fourth-order valence-corrected chi connectivity index (χ4v) is 3.56. The van der Waals surface area contributed by atoms with E-state index < -0.39 is 14.3 Å². The van der Waals surface area contributed by atoms with Gasteiger partial charge < -0.3 is 18.9 Å². The van der Waals surface area contributed by atoms with Crippen LogP contribution >= 0.6 is 8.38 Å². The van der Waals surface area contributed by atoms with Gasteiger partial charge in [-0.05, 0) is 44.0 Å². The van der Waals surface area contributed by atoms with Crippen molar-refractivity contribution in [3.8, 4) is 0 Å². The van der Waals surface area contributed by atoms with E-state index in [2.05, 4.69) is 47.8 Å². The summed E-state index contributed by atoms with van der Waals surface area (Å²) in [5.41, 5.74) is 3.53. The van der Waals surface area contributed by atoms with E-state index in [1.807, 2.05) is 0 Å². The molecular formula is C22H48N5O4P. The highest BCUT2D eigenvalue weighted by Gasteiger charge is 2.24. The van der Waals surface area contributed by atoms with Gasteiger partial charge in [-0.1, -0.05) is 48.9 Å². The van der Waals surface area contributed by atoms with Crippen molar-refractivity contribution in [1.82, 2.24) is 15.1 Å². The molecule has 1 heterocycles.